The Hall–Kier alpha value is -4.82. The van der Waals surface area contributed by atoms with Crippen LogP contribution in [0.15, 0.2) is 84.9 Å². The van der Waals surface area contributed by atoms with Gasteiger partial charge in [-0.15, -0.1) is 0 Å². The molecule has 216 valence electrons. The second kappa shape index (κ2) is 11.5. The predicted molar refractivity (Wildman–Crippen MR) is 162 cm³/mol. The molecule has 1 aromatic heterocycles. The number of esters is 1. The summed E-state index contributed by atoms with van der Waals surface area (Å²) >= 11 is 6.25. The van der Waals surface area contributed by atoms with Crippen LogP contribution in [0.2, 0.25) is 5.02 Å². The van der Waals surface area contributed by atoms with Crippen molar-refractivity contribution in [1.29, 1.82) is 0 Å². The number of ether oxygens (including phenoxy) is 2. The molecule has 2 heterocycles. The number of halogens is 1. The second-order valence-electron chi connectivity index (χ2n) is 10.6. The fraction of sp³-hybridized carbons (Fsp3) is 0.206. The van der Waals surface area contributed by atoms with Gasteiger partial charge in [0.25, 0.3) is 0 Å². The van der Waals surface area contributed by atoms with Crippen molar-refractivity contribution in [2.75, 3.05) is 12.0 Å². The number of fused-ring (bicyclic) bond motifs is 2. The van der Waals surface area contributed by atoms with Crippen molar-refractivity contribution in [2.45, 2.75) is 25.9 Å². The van der Waals surface area contributed by atoms with Crippen molar-refractivity contribution in [2.24, 2.45) is 11.8 Å². The third-order valence-electron chi connectivity index (χ3n) is 7.95. The molecule has 0 N–H and O–H groups in total. The first kappa shape index (κ1) is 28.3. The van der Waals surface area contributed by atoms with Crippen molar-refractivity contribution in [3.05, 3.63) is 101 Å². The SMILES string of the molecule is COc1ccc(C(=O)C(C)OC(=O)c2cc(-c3ccc(N4C(=O)C5CC=CCC5C4=O)cc3)nc3ccc(Cl)cc23)cc1. The molecule has 43 heavy (non-hydrogen) atoms. The third kappa shape index (κ3) is 5.30. The highest BCUT2D eigenvalue weighted by Crippen LogP contribution is 2.38. The van der Waals surface area contributed by atoms with Crippen LogP contribution in [0.25, 0.3) is 22.2 Å². The summed E-state index contributed by atoms with van der Waals surface area (Å²) in [5.74, 6) is -1.46. The Morgan fingerprint density at radius 2 is 1.56 bits per heavy atom. The molecule has 0 saturated carbocycles. The van der Waals surface area contributed by atoms with Gasteiger partial charge in [-0.3, -0.25) is 19.3 Å². The highest BCUT2D eigenvalue weighted by molar-refractivity contribution is 6.31. The van der Waals surface area contributed by atoms with Gasteiger partial charge in [0.1, 0.15) is 5.75 Å². The number of allylic oxidation sites excluding steroid dienone is 2. The van der Waals surface area contributed by atoms with Crippen LogP contribution >= 0.6 is 11.6 Å². The average molecular weight is 595 g/mol. The maximum absolute atomic E-state index is 13.5. The quantitative estimate of drug-likeness (QED) is 0.105. The van der Waals surface area contributed by atoms with E-state index in [4.69, 9.17) is 26.1 Å². The van der Waals surface area contributed by atoms with Gasteiger partial charge in [0.15, 0.2) is 6.10 Å². The van der Waals surface area contributed by atoms with E-state index in [2.05, 4.69) is 0 Å². The van der Waals surface area contributed by atoms with Crippen molar-refractivity contribution in [3.8, 4) is 17.0 Å². The molecule has 1 saturated heterocycles. The number of pyridine rings is 1. The van der Waals surface area contributed by atoms with Gasteiger partial charge in [-0.2, -0.15) is 0 Å². The zero-order chi connectivity index (χ0) is 30.2. The summed E-state index contributed by atoms with van der Waals surface area (Å²) in [4.78, 5) is 58.5. The molecule has 4 aromatic rings. The fourth-order valence-electron chi connectivity index (χ4n) is 5.62. The number of rotatable bonds is 7. The van der Waals surface area contributed by atoms with Gasteiger partial charge >= 0.3 is 5.97 Å². The Morgan fingerprint density at radius 1 is 0.907 bits per heavy atom. The Balaban J connectivity index is 1.29. The summed E-state index contributed by atoms with van der Waals surface area (Å²) in [6, 6.07) is 20.1. The lowest BCUT2D eigenvalue weighted by molar-refractivity contribution is -0.122. The number of hydrogen-bond donors (Lipinski definition) is 0. The molecule has 0 spiro atoms. The number of nitrogens with zero attached hydrogens (tertiary/aromatic N) is 2. The van der Waals surface area contributed by atoms with Crippen LogP contribution in [0.4, 0.5) is 5.69 Å². The van der Waals surface area contributed by atoms with Gasteiger partial charge in [0, 0.05) is 21.5 Å². The minimum Gasteiger partial charge on any atom is -0.497 e. The Bertz CT molecular complexity index is 1770. The van der Waals surface area contributed by atoms with E-state index in [1.54, 1.807) is 72.8 Å². The maximum atomic E-state index is 13.5. The number of imide groups is 1. The van der Waals surface area contributed by atoms with Crippen LogP contribution in [-0.2, 0) is 14.3 Å². The zero-order valence-electron chi connectivity index (χ0n) is 23.5. The Labute approximate surface area is 252 Å². The van der Waals surface area contributed by atoms with Crippen LogP contribution in [0.1, 0.15) is 40.5 Å². The molecular formula is C34H27ClN2O6. The number of Topliss-reactive ketones (excluding diaryl/α,β-unsaturated/α-hetero) is 1. The smallest absolute Gasteiger partial charge is 0.339 e. The van der Waals surface area contributed by atoms with E-state index in [0.717, 1.165) is 0 Å². The van der Waals surface area contributed by atoms with E-state index < -0.39 is 12.1 Å². The van der Waals surface area contributed by atoms with Crippen molar-refractivity contribution in [3.63, 3.8) is 0 Å². The van der Waals surface area contributed by atoms with Crippen molar-refractivity contribution >= 4 is 51.8 Å². The van der Waals surface area contributed by atoms with Crippen LogP contribution in [0.5, 0.6) is 5.75 Å². The van der Waals surface area contributed by atoms with Gasteiger partial charge in [0.2, 0.25) is 17.6 Å². The lowest BCUT2D eigenvalue weighted by atomic mass is 9.85. The summed E-state index contributed by atoms with van der Waals surface area (Å²) in [6.07, 6.45) is 3.99. The van der Waals surface area contributed by atoms with Crippen LogP contribution in [-0.4, -0.2) is 41.8 Å². The normalized spacial score (nSPS) is 18.4. The molecule has 1 fully saturated rings. The highest BCUT2D eigenvalue weighted by atomic mass is 35.5. The van der Waals surface area contributed by atoms with Crippen LogP contribution in [0.3, 0.4) is 0 Å². The molecule has 6 rings (SSSR count). The lowest BCUT2D eigenvalue weighted by Gasteiger charge is -2.16. The summed E-state index contributed by atoms with van der Waals surface area (Å²) in [5.41, 5.74) is 2.71. The molecular weight excluding hydrogens is 568 g/mol. The first-order valence-electron chi connectivity index (χ1n) is 13.9. The summed E-state index contributed by atoms with van der Waals surface area (Å²) in [7, 11) is 1.54. The molecule has 2 amide bonds. The first-order chi connectivity index (χ1) is 20.7. The predicted octanol–water partition coefficient (Wildman–Crippen LogP) is 6.45. The Kier molecular flexibility index (Phi) is 7.54. The van der Waals surface area contributed by atoms with E-state index >= 15 is 0 Å². The molecule has 2 aliphatic rings. The number of benzene rings is 3. The van der Waals surface area contributed by atoms with E-state index in [1.807, 2.05) is 12.2 Å². The number of carbonyl (C=O) groups excluding carboxylic acids is 4. The van der Waals surface area contributed by atoms with Gasteiger partial charge in [-0.25, -0.2) is 9.78 Å². The van der Waals surface area contributed by atoms with Gasteiger partial charge in [-0.1, -0.05) is 35.9 Å². The summed E-state index contributed by atoms with van der Waals surface area (Å²) in [5, 5.41) is 0.893. The van der Waals surface area contributed by atoms with Crippen LogP contribution in [0, 0.1) is 11.8 Å². The number of carbonyl (C=O) groups is 4. The molecule has 3 atom stereocenters. The van der Waals surface area contributed by atoms with E-state index in [0.29, 0.717) is 57.0 Å². The first-order valence-corrected chi connectivity index (χ1v) is 14.3. The molecule has 0 radical (unpaired) electrons. The third-order valence-corrected chi connectivity index (χ3v) is 8.18. The number of hydrogen-bond acceptors (Lipinski definition) is 7. The minimum atomic E-state index is -1.06. The summed E-state index contributed by atoms with van der Waals surface area (Å²) < 4.78 is 10.8. The number of anilines is 1. The number of aromatic nitrogens is 1. The maximum Gasteiger partial charge on any atom is 0.339 e. The molecule has 8 nitrogen and oxygen atoms in total. The zero-order valence-corrected chi connectivity index (χ0v) is 24.2. The topological polar surface area (TPSA) is 103 Å². The highest BCUT2D eigenvalue weighted by Gasteiger charge is 2.47. The minimum absolute atomic E-state index is 0.184. The van der Waals surface area contributed by atoms with E-state index in [1.165, 1.54) is 18.9 Å². The Morgan fingerprint density at radius 3 is 2.19 bits per heavy atom. The van der Waals surface area contributed by atoms with Gasteiger partial charge in [0.05, 0.1) is 41.4 Å². The summed E-state index contributed by atoms with van der Waals surface area (Å²) in [6.45, 7) is 1.52. The molecule has 0 bridgehead atoms. The van der Waals surface area contributed by atoms with Gasteiger partial charge in [-0.05, 0) is 80.4 Å². The largest absolute Gasteiger partial charge is 0.497 e. The number of amides is 2. The number of ketones is 1. The van der Waals surface area contributed by atoms with Crippen molar-refractivity contribution < 1.29 is 28.7 Å². The van der Waals surface area contributed by atoms with E-state index in [9.17, 15) is 19.2 Å². The molecule has 3 unspecified atom stereocenters. The number of methoxy groups -OCH3 is 1. The molecule has 1 aliphatic carbocycles. The average Bonchev–Trinajstić information content (AvgIpc) is 3.29. The van der Waals surface area contributed by atoms with Gasteiger partial charge < -0.3 is 9.47 Å². The molecule has 3 aromatic carbocycles. The lowest BCUT2D eigenvalue weighted by Crippen LogP contribution is -2.30. The van der Waals surface area contributed by atoms with Crippen LogP contribution < -0.4 is 9.64 Å². The molecule has 9 heteroatoms. The fourth-order valence-corrected chi connectivity index (χ4v) is 5.79. The molecule has 1 aliphatic heterocycles. The standard InChI is InChI=1S/C34H27ClN2O6/c1-19(31(38)21-9-14-24(42-2)15-10-21)43-34(41)28-18-30(36-29-16-11-22(35)17-27(28)29)20-7-12-23(13-8-20)37-32(39)25-5-3-4-6-26(25)33(37)40/h3-4,7-19,25-26H,5-6H2,1-2H3. The van der Waals surface area contributed by atoms with E-state index in [-0.39, 0.29) is 35.0 Å². The van der Waals surface area contributed by atoms with Crippen molar-refractivity contribution in [1.82, 2.24) is 4.98 Å². The monoisotopic (exact) mass is 594 g/mol. The second-order valence-corrected chi connectivity index (χ2v) is 11.0.